The molecule has 1 aromatic carbocycles. The van der Waals surface area contributed by atoms with Crippen molar-refractivity contribution in [1.82, 2.24) is 14.7 Å². The minimum Gasteiger partial charge on any atom is -0.379 e. The molecule has 0 saturated carbocycles. The van der Waals surface area contributed by atoms with Gasteiger partial charge in [-0.15, -0.1) is 4.40 Å². The van der Waals surface area contributed by atoms with Gasteiger partial charge in [-0.25, -0.2) is 0 Å². The van der Waals surface area contributed by atoms with Gasteiger partial charge in [-0.1, -0.05) is 38.3 Å². The van der Waals surface area contributed by atoms with Crippen molar-refractivity contribution < 1.29 is 17.9 Å². The third-order valence-electron chi connectivity index (χ3n) is 5.77. The topological polar surface area (TPSA) is 82.5 Å². The summed E-state index contributed by atoms with van der Waals surface area (Å²) in [5.74, 6) is 0.333. The van der Waals surface area contributed by atoms with Gasteiger partial charge in [-0.3, -0.25) is 9.69 Å². The molecule has 8 nitrogen and oxygen atoms in total. The van der Waals surface area contributed by atoms with Crippen LogP contribution >= 0.6 is 0 Å². The average molecular weight is 451 g/mol. The number of fused-ring (bicyclic) bond motifs is 1. The van der Waals surface area contributed by atoms with Crippen molar-refractivity contribution in [3.63, 3.8) is 0 Å². The van der Waals surface area contributed by atoms with Crippen LogP contribution in [0, 0.1) is 0 Å². The lowest BCUT2D eigenvalue weighted by Crippen LogP contribution is -2.46. The number of unbranched alkanes of at least 4 members (excludes halogenated alkanes) is 3. The average Bonchev–Trinajstić information content (AvgIpc) is 3.05. The number of ether oxygens (including phenoxy) is 1. The molecule has 31 heavy (non-hydrogen) atoms. The Bertz CT molecular complexity index is 881. The Balaban J connectivity index is 1.64. The van der Waals surface area contributed by atoms with E-state index in [1.165, 1.54) is 0 Å². The summed E-state index contributed by atoms with van der Waals surface area (Å²) in [6, 6.07) is 6.76. The molecule has 0 unspecified atom stereocenters. The molecular formula is C22H34N4O4S. The molecule has 9 heteroatoms. The van der Waals surface area contributed by atoms with Gasteiger partial charge < -0.3 is 14.5 Å². The second-order valence-corrected chi connectivity index (χ2v) is 9.71. The van der Waals surface area contributed by atoms with Gasteiger partial charge in [0.05, 0.1) is 19.8 Å². The van der Waals surface area contributed by atoms with Crippen LogP contribution in [0.25, 0.3) is 0 Å². The lowest BCUT2D eigenvalue weighted by molar-refractivity contribution is -0.131. The summed E-state index contributed by atoms with van der Waals surface area (Å²) in [6.45, 7) is 7.74. The van der Waals surface area contributed by atoms with Gasteiger partial charge in [0.1, 0.15) is 4.90 Å². The van der Waals surface area contributed by atoms with Crippen molar-refractivity contribution in [1.29, 1.82) is 0 Å². The number of carbonyl (C=O) groups excluding carboxylic acids is 1. The van der Waals surface area contributed by atoms with Gasteiger partial charge in [-0.2, -0.15) is 8.42 Å². The van der Waals surface area contributed by atoms with Gasteiger partial charge in [0, 0.05) is 45.3 Å². The molecule has 3 rings (SSSR count). The summed E-state index contributed by atoms with van der Waals surface area (Å²) >= 11 is 0. The monoisotopic (exact) mass is 450 g/mol. The fourth-order valence-corrected chi connectivity index (χ4v) is 5.17. The molecule has 0 atom stereocenters. The van der Waals surface area contributed by atoms with Crippen LogP contribution in [0.15, 0.2) is 33.6 Å². The second-order valence-electron chi connectivity index (χ2n) is 8.14. The van der Waals surface area contributed by atoms with E-state index in [-0.39, 0.29) is 17.3 Å². The third kappa shape index (κ3) is 6.27. The van der Waals surface area contributed by atoms with E-state index in [0.29, 0.717) is 17.9 Å². The first-order chi connectivity index (χ1) is 14.9. The molecule has 2 aliphatic heterocycles. The highest BCUT2D eigenvalue weighted by molar-refractivity contribution is 7.90. The Hall–Kier alpha value is -1.97. The Labute approximate surface area is 185 Å². The molecule has 0 N–H and O–H groups in total. The fraction of sp³-hybridized carbons (Fsp3) is 0.636. The van der Waals surface area contributed by atoms with E-state index in [1.807, 2.05) is 4.90 Å². The lowest BCUT2D eigenvalue weighted by Gasteiger charge is -2.31. The number of hydrogen-bond donors (Lipinski definition) is 0. The maximum absolute atomic E-state index is 13.2. The molecule has 1 aromatic rings. The molecule has 0 aromatic heterocycles. The number of rotatable bonds is 10. The van der Waals surface area contributed by atoms with Crippen molar-refractivity contribution in [2.45, 2.75) is 37.5 Å². The Morgan fingerprint density at radius 3 is 2.61 bits per heavy atom. The van der Waals surface area contributed by atoms with E-state index in [9.17, 15) is 13.2 Å². The molecular weight excluding hydrogens is 416 g/mol. The Morgan fingerprint density at radius 1 is 1.13 bits per heavy atom. The van der Waals surface area contributed by atoms with E-state index in [1.54, 1.807) is 36.2 Å². The molecule has 0 radical (unpaired) electrons. The van der Waals surface area contributed by atoms with Crippen molar-refractivity contribution in [2.24, 2.45) is 4.40 Å². The predicted octanol–water partition coefficient (Wildman–Crippen LogP) is 1.81. The van der Waals surface area contributed by atoms with E-state index >= 15 is 0 Å². The number of carbonyl (C=O) groups is 1. The maximum atomic E-state index is 13.2. The zero-order valence-electron chi connectivity index (χ0n) is 18.6. The first kappa shape index (κ1) is 23.7. The first-order valence-corrected chi connectivity index (χ1v) is 12.6. The van der Waals surface area contributed by atoms with Gasteiger partial charge in [0.15, 0.2) is 5.84 Å². The maximum Gasteiger partial charge on any atom is 0.285 e. The number of likely N-dealkylation sites (N-methyl/N-ethyl adjacent to an activating group) is 1. The molecule has 172 valence electrons. The van der Waals surface area contributed by atoms with Crippen LogP contribution in [0.3, 0.4) is 0 Å². The zero-order valence-corrected chi connectivity index (χ0v) is 19.4. The number of sulfonamides is 1. The minimum absolute atomic E-state index is 0.00302. The summed E-state index contributed by atoms with van der Waals surface area (Å²) in [5, 5.41) is 0. The lowest BCUT2D eigenvalue weighted by atomic mass is 10.2. The fourth-order valence-electron chi connectivity index (χ4n) is 3.92. The molecule has 1 fully saturated rings. The van der Waals surface area contributed by atoms with Crippen molar-refractivity contribution in [2.75, 3.05) is 59.5 Å². The molecule has 2 heterocycles. The highest BCUT2D eigenvalue weighted by atomic mass is 32.2. The van der Waals surface area contributed by atoms with Crippen LogP contribution in [0.4, 0.5) is 0 Å². The molecule has 0 bridgehead atoms. The van der Waals surface area contributed by atoms with Crippen LogP contribution < -0.4 is 0 Å². The minimum atomic E-state index is -3.70. The van der Waals surface area contributed by atoms with E-state index in [0.717, 1.165) is 65.1 Å². The number of benzene rings is 1. The summed E-state index contributed by atoms with van der Waals surface area (Å²) in [6.07, 6.45) is 4.39. The zero-order chi connectivity index (χ0) is 22.3. The summed E-state index contributed by atoms with van der Waals surface area (Å²) in [7, 11) is -1.97. The van der Waals surface area contributed by atoms with Gasteiger partial charge in [0.25, 0.3) is 10.0 Å². The summed E-state index contributed by atoms with van der Waals surface area (Å²) in [4.78, 5) is 19.2. The van der Waals surface area contributed by atoms with Gasteiger partial charge in [-0.05, 0) is 18.6 Å². The van der Waals surface area contributed by atoms with Crippen molar-refractivity contribution in [3.8, 4) is 0 Å². The largest absolute Gasteiger partial charge is 0.379 e. The quantitative estimate of drug-likeness (QED) is 0.506. The second kappa shape index (κ2) is 11.1. The highest BCUT2D eigenvalue weighted by Gasteiger charge is 2.31. The third-order valence-corrected chi connectivity index (χ3v) is 7.10. The number of hydrogen-bond acceptors (Lipinski definition) is 6. The SMILES string of the molecule is CCCCCCN(CCN1CCOCC1)C(=O)CN(C)C1=NS(=O)(=O)c2ccccc21. The number of morpholine rings is 1. The van der Waals surface area contributed by atoms with Crippen LogP contribution in [0.5, 0.6) is 0 Å². The van der Waals surface area contributed by atoms with Gasteiger partial charge >= 0.3 is 0 Å². The van der Waals surface area contributed by atoms with Crippen molar-refractivity contribution >= 4 is 21.8 Å². The van der Waals surface area contributed by atoms with Crippen LogP contribution in [0.1, 0.15) is 38.2 Å². The Kier molecular flexibility index (Phi) is 8.45. The van der Waals surface area contributed by atoms with E-state index in [4.69, 9.17) is 4.74 Å². The first-order valence-electron chi connectivity index (χ1n) is 11.2. The van der Waals surface area contributed by atoms with Gasteiger partial charge in [0.2, 0.25) is 5.91 Å². The predicted molar refractivity (Wildman–Crippen MR) is 121 cm³/mol. The highest BCUT2D eigenvalue weighted by Crippen LogP contribution is 2.26. The molecule has 1 saturated heterocycles. The molecule has 2 aliphatic rings. The normalized spacial score (nSPS) is 17.8. The van der Waals surface area contributed by atoms with E-state index in [2.05, 4.69) is 16.2 Å². The molecule has 0 aliphatic carbocycles. The molecule has 1 amide bonds. The number of nitrogens with zero attached hydrogens (tertiary/aromatic N) is 4. The van der Waals surface area contributed by atoms with Crippen LogP contribution in [-0.2, 0) is 19.6 Å². The van der Waals surface area contributed by atoms with E-state index < -0.39 is 10.0 Å². The van der Waals surface area contributed by atoms with Crippen molar-refractivity contribution in [3.05, 3.63) is 29.8 Å². The number of amides is 1. The standard InChI is InChI=1S/C22H34N4O4S/c1-3-4-5-8-11-26(13-12-25-14-16-30-17-15-25)21(27)18-24(2)22-19-9-6-7-10-20(19)31(28,29)23-22/h6-7,9-10H,3-5,8,11-18H2,1-2H3. The summed E-state index contributed by atoms with van der Waals surface area (Å²) < 4.78 is 34.0. The Morgan fingerprint density at radius 2 is 1.87 bits per heavy atom. The van der Waals surface area contributed by atoms with Crippen LogP contribution in [-0.4, -0.2) is 94.4 Å². The molecule has 0 spiro atoms. The smallest absolute Gasteiger partial charge is 0.285 e. The number of amidine groups is 1. The van der Waals surface area contributed by atoms with Crippen LogP contribution in [0.2, 0.25) is 0 Å². The summed E-state index contributed by atoms with van der Waals surface area (Å²) in [5.41, 5.74) is 0.556.